The first-order valence-electron chi connectivity index (χ1n) is 20.4. The monoisotopic (exact) mass is 772 g/mol. The summed E-state index contributed by atoms with van der Waals surface area (Å²) in [5.74, 6) is 0.686. The van der Waals surface area contributed by atoms with E-state index < -0.39 is 5.41 Å². The predicted octanol–water partition coefficient (Wildman–Crippen LogP) is 14.4. The molecule has 0 amide bonds. The molecule has 11 rings (SSSR count). The molecule has 0 fully saturated rings. The number of amidine groups is 1. The lowest BCUT2D eigenvalue weighted by Crippen LogP contribution is -2.28. The summed E-state index contributed by atoms with van der Waals surface area (Å²) >= 11 is 1.85. The average molecular weight is 773 g/mol. The second kappa shape index (κ2) is 14.2. The highest BCUT2D eigenvalue weighted by molar-refractivity contribution is 7.26. The molecule has 3 heteroatoms. The standard InChI is InChI=1S/C56H40N2S/c1-36-37(2)53(58-55(39-22-9-4-10-23-39)57-52(36)45-31-19-30-44-43-29-16-18-33-51(43)59-54(44)45)48-35-50-47(34-46(48)38-20-7-3-8-21-38)42-28-15-17-32-49(42)56(50,40-24-11-5-12-25-40)41-26-13-6-14-27-41/h3-36H,1-2H3/t36-/m1/s1. The van der Waals surface area contributed by atoms with Crippen molar-refractivity contribution in [2.45, 2.75) is 19.3 Å². The third kappa shape index (κ3) is 5.53. The first-order chi connectivity index (χ1) is 29.1. The normalized spacial score (nSPS) is 15.7. The fourth-order valence-electron chi connectivity index (χ4n) is 9.61. The smallest absolute Gasteiger partial charge is 0.160 e. The van der Waals surface area contributed by atoms with E-state index in [1.165, 1.54) is 64.7 Å². The molecule has 0 bridgehead atoms. The minimum absolute atomic E-state index is 0.0344. The lowest BCUT2D eigenvalue weighted by atomic mass is 9.67. The SMILES string of the molecule is CC1=C(c2cc3c(cc2-c2ccccc2)-c2ccccc2C3(c2ccccc2)c2ccccc2)N=C(c2ccccc2)N=C(c2cccc3c2sc2ccccc23)[C@@H]1C. The van der Waals surface area contributed by atoms with E-state index in [0.717, 1.165) is 39.5 Å². The molecule has 2 nitrogen and oxygen atoms in total. The van der Waals surface area contributed by atoms with E-state index in [1.54, 1.807) is 0 Å². The molecule has 0 unspecified atom stereocenters. The van der Waals surface area contributed by atoms with Gasteiger partial charge in [-0.3, -0.25) is 0 Å². The molecule has 0 saturated heterocycles. The molecule has 0 radical (unpaired) electrons. The van der Waals surface area contributed by atoms with Crippen LogP contribution in [0.4, 0.5) is 0 Å². The Kier molecular flexibility index (Phi) is 8.46. The Hall–Kier alpha value is -6.94. The van der Waals surface area contributed by atoms with Gasteiger partial charge in [-0.1, -0.05) is 189 Å². The van der Waals surface area contributed by atoms with Crippen molar-refractivity contribution in [3.63, 3.8) is 0 Å². The topological polar surface area (TPSA) is 24.7 Å². The van der Waals surface area contributed by atoms with Crippen molar-refractivity contribution >= 4 is 48.8 Å². The summed E-state index contributed by atoms with van der Waals surface area (Å²) in [6, 6.07) is 72.8. The lowest BCUT2D eigenvalue weighted by Gasteiger charge is -2.34. The van der Waals surface area contributed by atoms with Crippen LogP contribution in [0.3, 0.4) is 0 Å². The van der Waals surface area contributed by atoms with Crippen molar-refractivity contribution in [3.8, 4) is 22.3 Å². The van der Waals surface area contributed by atoms with Gasteiger partial charge < -0.3 is 0 Å². The molecule has 8 aromatic carbocycles. The number of hydrogen-bond acceptors (Lipinski definition) is 3. The Balaban J connectivity index is 1.22. The van der Waals surface area contributed by atoms with Crippen molar-refractivity contribution in [2.24, 2.45) is 15.9 Å². The van der Waals surface area contributed by atoms with Crippen LogP contribution in [-0.4, -0.2) is 11.5 Å². The molecule has 59 heavy (non-hydrogen) atoms. The Bertz CT molecular complexity index is 3120. The number of hydrogen-bond donors (Lipinski definition) is 0. The van der Waals surface area contributed by atoms with Crippen molar-refractivity contribution in [1.82, 2.24) is 0 Å². The molecule has 280 valence electrons. The zero-order valence-corrected chi connectivity index (χ0v) is 33.7. The molecular weight excluding hydrogens is 733 g/mol. The fourth-order valence-corrected chi connectivity index (χ4v) is 10.8. The maximum Gasteiger partial charge on any atom is 0.160 e. The number of fused-ring (bicyclic) bond motifs is 6. The predicted molar refractivity (Wildman–Crippen MR) is 250 cm³/mol. The third-order valence-electron chi connectivity index (χ3n) is 12.5. The fraction of sp³-hybridized carbons (Fsp3) is 0.0714. The van der Waals surface area contributed by atoms with Gasteiger partial charge in [0.2, 0.25) is 0 Å². The van der Waals surface area contributed by atoms with E-state index >= 15 is 0 Å². The van der Waals surface area contributed by atoms with E-state index in [4.69, 9.17) is 9.98 Å². The molecular formula is C56H40N2S. The number of nitrogens with zero attached hydrogens (tertiary/aromatic N) is 2. The quantitative estimate of drug-likeness (QED) is 0.161. The molecule has 1 aliphatic carbocycles. The summed E-state index contributed by atoms with van der Waals surface area (Å²) in [6.07, 6.45) is 0. The Morgan fingerprint density at radius 1 is 0.458 bits per heavy atom. The van der Waals surface area contributed by atoms with E-state index in [2.05, 4.69) is 214 Å². The number of aliphatic imine (C=N–C) groups is 2. The van der Waals surface area contributed by atoms with Gasteiger partial charge in [0.1, 0.15) is 0 Å². The Labute approximate surface area is 349 Å². The van der Waals surface area contributed by atoms with Crippen LogP contribution in [0.15, 0.2) is 216 Å². The molecule has 2 aliphatic rings. The van der Waals surface area contributed by atoms with Gasteiger partial charge in [-0.2, -0.15) is 0 Å². The number of rotatable bonds is 6. The van der Waals surface area contributed by atoms with Crippen LogP contribution in [0, 0.1) is 5.92 Å². The van der Waals surface area contributed by atoms with E-state index in [-0.39, 0.29) is 5.92 Å². The van der Waals surface area contributed by atoms with Crippen molar-refractivity contribution in [3.05, 3.63) is 245 Å². The molecule has 0 N–H and O–H groups in total. The summed E-state index contributed by atoms with van der Waals surface area (Å²) in [7, 11) is 0. The van der Waals surface area contributed by atoms with Gasteiger partial charge in [-0.25, -0.2) is 9.98 Å². The molecule has 0 spiro atoms. The largest absolute Gasteiger partial charge is 0.232 e. The maximum absolute atomic E-state index is 5.71. The zero-order chi connectivity index (χ0) is 39.5. The van der Waals surface area contributed by atoms with Crippen LogP contribution in [0.2, 0.25) is 0 Å². The number of allylic oxidation sites excluding steroid dienone is 1. The summed E-state index contributed by atoms with van der Waals surface area (Å²) < 4.78 is 2.55. The zero-order valence-electron chi connectivity index (χ0n) is 32.9. The van der Waals surface area contributed by atoms with Gasteiger partial charge in [0.25, 0.3) is 0 Å². The second-order valence-corrected chi connectivity index (χ2v) is 16.7. The number of thiophene rings is 1. The van der Waals surface area contributed by atoms with Crippen LogP contribution in [-0.2, 0) is 5.41 Å². The van der Waals surface area contributed by atoms with Crippen molar-refractivity contribution in [2.75, 3.05) is 0 Å². The van der Waals surface area contributed by atoms with E-state index in [1.807, 2.05) is 11.3 Å². The molecule has 0 saturated carbocycles. The third-order valence-corrected chi connectivity index (χ3v) is 13.7. The molecule has 1 atom stereocenters. The molecule has 1 aromatic heterocycles. The first kappa shape index (κ1) is 35.2. The van der Waals surface area contributed by atoms with Gasteiger partial charge in [-0.05, 0) is 75.2 Å². The average Bonchev–Trinajstić information content (AvgIpc) is 3.79. The van der Waals surface area contributed by atoms with Crippen molar-refractivity contribution in [1.29, 1.82) is 0 Å². The first-order valence-corrected chi connectivity index (χ1v) is 21.2. The highest BCUT2D eigenvalue weighted by Crippen LogP contribution is 2.58. The van der Waals surface area contributed by atoms with Crippen molar-refractivity contribution < 1.29 is 0 Å². The Morgan fingerprint density at radius 2 is 1.03 bits per heavy atom. The van der Waals surface area contributed by atoms with Gasteiger partial charge >= 0.3 is 0 Å². The van der Waals surface area contributed by atoms with Crippen LogP contribution < -0.4 is 0 Å². The van der Waals surface area contributed by atoms with E-state index in [0.29, 0.717) is 0 Å². The lowest BCUT2D eigenvalue weighted by molar-refractivity contribution is 0.768. The van der Waals surface area contributed by atoms with Crippen LogP contribution in [0.5, 0.6) is 0 Å². The molecule has 1 aliphatic heterocycles. The Morgan fingerprint density at radius 3 is 1.75 bits per heavy atom. The summed E-state index contributed by atoms with van der Waals surface area (Å²) in [4.78, 5) is 11.3. The van der Waals surface area contributed by atoms with Gasteiger partial charge in [0.15, 0.2) is 5.84 Å². The minimum atomic E-state index is -0.548. The summed E-state index contributed by atoms with van der Waals surface area (Å²) in [6.45, 7) is 4.59. The highest BCUT2D eigenvalue weighted by atomic mass is 32.1. The van der Waals surface area contributed by atoms with Crippen LogP contribution >= 0.6 is 11.3 Å². The maximum atomic E-state index is 5.71. The second-order valence-electron chi connectivity index (χ2n) is 15.7. The van der Waals surface area contributed by atoms with Crippen LogP contribution in [0.1, 0.15) is 52.8 Å². The van der Waals surface area contributed by atoms with E-state index in [9.17, 15) is 0 Å². The van der Waals surface area contributed by atoms with Gasteiger partial charge in [-0.15, -0.1) is 11.3 Å². The van der Waals surface area contributed by atoms with Gasteiger partial charge in [0.05, 0.1) is 16.8 Å². The minimum Gasteiger partial charge on any atom is -0.232 e. The highest BCUT2D eigenvalue weighted by Gasteiger charge is 2.46. The summed E-state index contributed by atoms with van der Waals surface area (Å²) in [5.41, 5.74) is 15.8. The van der Waals surface area contributed by atoms with Gasteiger partial charge in [0, 0.05) is 42.8 Å². The van der Waals surface area contributed by atoms with Crippen LogP contribution in [0.25, 0.3) is 48.1 Å². The summed E-state index contributed by atoms with van der Waals surface area (Å²) in [5, 5.41) is 2.55. The molecule has 2 heterocycles. The number of benzene rings is 8. The molecule has 9 aromatic rings.